The lowest BCUT2D eigenvalue weighted by Gasteiger charge is -2.10. The number of rotatable bonds is 4. The minimum atomic E-state index is -0.905. The predicted octanol–water partition coefficient (Wildman–Crippen LogP) is 4.50. The van der Waals surface area contributed by atoms with Gasteiger partial charge in [0.1, 0.15) is 17.5 Å². The van der Waals surface area contributed by atoms with E-state index in [1.807, 2.05) is 20.0 Å². The van der Waals surface area contributed by atoms with Gasteiger partial charge in [-0.3, -0.25) is 0 Å². The standard InChI is InChI=1S/C14H14F3NS/c1-3-11(18-2)12-4-5-13(19-12)14-9(16)6-8(15)7-10(14)17/h4-7,11,18H,3H2,1-2H3. The molecule has 5 heteroatoms. The van der Waals surface area contributed by atoms with Crippen LogP contribution in [0.15, 0.2) is 24.3 Å². The number of halogens is 3. The first-order valence-corrected chi connectivity index (χ1v) is 6.80. The molecule has 102 valence electrons. The van der Waals surface area contributed by atoms with Crippen LogP contribution in [0.4, 0.5) is 13.2 Å². The average molecular weight is 285 g/mol. The quantitative estimate of drug-likeness (QED) is 0.872. The van der Waals surface area contributed by atoms with Crippen molar-refractivity contribution in [2.45, 2.75) is 19.4 Å². The van der Waals surface area contributed by atoms with E-state index < -0.39 is 17.5 Å². The lowest BCUT2D eigenvalue weighted by Crippen LogP contribution is -2.13. The lowest BCUT2D eigenvalue weighted by atomic mass is 10.1. The van der Waals surface area contributed by atoms with Gasteiger partial charge in [0.2, 0.25) is 0 Å². The van der Waals surface area contributed by atoms with Crippen LogP contribution in [-0.4, -0.2) is 7.05 Å². The van der Waals surface area contributed by atoms with E-state index >= 15 is 0 Å². The Morgan fingerprint density at radius 3 is 2.32 bits per heavy atom. The molecule has 1 atom stereocenters. The average Bonchev–Trinajstić information content (AvgIpc) is 2.78. The first-order chi connectivity index (χ1) is 9.06. The van der Waals surface area contributed by atoms with E-state index in [0.29, 0.717) is 17.0 Å². The third-order valence-corrected chi connectivity index (χ3v) is 4.20. The molecule has 0 aliphatic carbocycles. The summed E-state index contributed by atoms with van der Waals surface area (Å²) in [6, 6.07) is 5.07. The molecule has 1 heterocycles. The highest BCUT2D eigenvalue weighted by molar-refractivity contribution is 7.15. The fourth-order valence-electron chi connectivity index (χ4n) is 2.00. The summed E-state index contributed by atoms with van der Waals surface area (Å²) in [6.07, 6.45) is 0.880. The molecule has 1 aromatic carbocycles. The topological polar surface area (TPSA) is 12.0 Å². The second-order valence-corrected chi connectivity index (χ2v) is 5.31. The Hall–Kier alpha value is -1.33. The Labute approximate surface area is 114 Å². The smallest absolute Gasteiger partial charge is 0.137 e. The molecule has 0 saturated carbocycles. The van der Waals surface area contributed by atoms with Gasteiger partial charge in [-0.2, -0.15) is 0 Å². The van der Waals surface area contributed by atoms with E-state index in [1.165, 1.54) is 11.3 Å². The molecule has 0 aliphatic heterocycles. The Morgan fingerprint density at radius 1 is 1.16 bits per heavy atom. The van der Waals surface area contributed by atoms with E-state index in [1.54, 1.807) is 6.07 Å². The van der Waals surface area contributed by atoms with Gasteiger partial charge in [-0.1, -0.05) is 6.92 Å². The van der Waals surface area contributed by atoms with Gasteiger partial charge in [0, 0.05) is 27.9 Å². The predicted molar refractivity (Wildman–Crippen MR) is 71.7 cm³/mol. The molecule has 0 radical (unpaired) electrons. The van der Waals surface area contributed by atoms with Crippen molar-refractivity contribution >= 4 is 11.3 Å². The fraction of sp³-hybridized carbons (Fsp3) is 0.286. The van der Waals surface area contributed by atoms with Crippen LogP contribution < -0.4 is 5.32 Å². The Morgan fingerprint density at radius 2 is 1.79 bits per heavy atom. The second-order valence-electron chi connectivity index (χ2n) is 4.20. The van der Waals surface area contributed by atoms with E-state index in [4.69, 9.17) is 0 Å². The van der Waals surface area contributed by atoms with Gasteiger partial charge in [-0.25, -0.2) is 13.2 Å². The van der Waals surface area contributed by atoms with Gasteiger partial charge in [-0.05, 0) is 25.6 Å². The van der Waals surface area contributed by atoms with E-state index in [0.717, 1.165) is 11.3 Å². The molecule has 0 fully saturated rings. The molecule has 0 saturated heterocycles. The molecular formula is C14H14F3NS. The fourth-order valence-corrected chi connectivity index (χ4v) is 3.25. The van der Waals surface area contributed by atoms with Crippen molar-refractivity contribution in [1.82, 2.24) is 5.32 Å². The van der Waals surface area contributed by atoms with Crippen molar-refractivity contribution in [2.24, 2.45) is 0 Å². The highest BCUT2D eigenvalue weighted by atomic mass is 32.1. The van der Waals surface area contributed by atoms with Gasteiger partial charge >= 0.3 is 0 Å². The van der Waals surface area contributed by atoms with Gasteiger partial charge < -0.3 is 5.32 Å². The van der Waals surface area contributed by atoms with Crippen LogP contribution in [0.25, 0.3) is 10.4 Å². The van der Waals surface area contributed by atoms with Crippen molar-refractivity contribution in [3.8, 4) is 10.4 Å². The van der Waals surface area contributed by atoms with Crippen LogP contribution in [0, 0.1) is 17.5 Å². The molecule has 1 aromatic heterocycles. The normalized spacial score (nSPS) is 12.7. The summed E-state index contributed by atoms with van der Waals surface area (Å²) >= 11 is 1.31. The maximum atomic E-state index is 13.7. The largest absolute Gasteiger partial charge is 0.312 e. The van der Waals surface area contributed by atoms with Crippen molar-refractivity contribution in [2.75, 3.05) is 7.05 Å². The second kappa shape index (κ2) is 5.75. The third-order valence-electron chi connectivity index (χ3n) is 2.98. The van der Waals surface area contributed by atoms with E-state index in [9.17, 15) is 13.2 Å². The molecule has 1 nitrogen and oxygen atoms in total. The Bertz CT molecular complexity index is 553. The minimum absolute atomic E-state index is 0.158. The Balaban J connectivity index is 2.43. The van der Waals surface area contributed by atoms with Crippen LogP contribution >= 0.6 is 11.3 Å². The lowest BCUT2D eigenvalue weighted by molar-refractivity contribution is 0.548. The summed E-state index contributed by atoms with van der Waals surface area (Å²) in [4.78, 5) is 1.47. The number of thiophene rings is 1. The molecule has 1 unspecified atom stereocenters. The highest BCUT2D eigenvalue weighted by Gasteiger charge is 2.17. The maximum absolute atomic E-state index is 13.7. The van der Waals surface area contributed by atoms with Crippen LogP contribution in [0.5, 0.6) is 0 Å². The molecule has 0 amide bonds. The van der Waals surface area contributed by atoms with Crippen molar-refractivity contribution in [3.05, 3.63) is 46.6 Å². The van der Waals surface area contributed by atoms with Crippen molar-refractivity contribution in [3.63, 3.8) is 0 Å². The molecule has 0 aliphatic rings. The van der Waals surface area contributed by atoms with E-state index in [-0.39, 0.29) is 11.6 Å². The number of hydrogen-bond donors (Lipinski definition) is 1. The molecule has 2 rings (SSSR count). The first-order valence-electron chi connectivity index (χ1n) is 5.98. The van der Waals surface area contributed by atoms with Crippen LogP contribution in [0.1, 0.15) is 24.3 Å². The van der Waals surface area contributed by atoms with E-state index in [2.05, 4.69) is 5.32 Å². The molecule has 19 heavy (non-hydrogen) atoms. The molecule has 0 spiro atoms. The van der Waals surface area contributed by atoms with Gasteiger partial charge in [0.05, 0.1) is 5.56 Å². The third kappa shape index (κ3) is 2.82. The summed E-state index contributed by atoms with van der Waals surface area (Å²) < 4.78 is 40.2. The molecule has 0 bridgehead atoms. The summed E-state index contributed by atoms with van der Waals surface area (Å²) in [5.41, 5.74) is -0.163. The summed E-state index contributed by atoms with van der Waals surface area (Å²) in [6.45, 7) is 2.03. The molecule has 2 aromatic rings. The molecule has 1 N–H and O–H groups in total. The monoisotopic (exact) mass is 285 g/mol. The summed E-state index contributed by atoms with van der Waals surface area (Å²) in [7, 11) is 1.84. The van der Waals surface area contributed by atoms with Gasteiger partial charge in [0.15, 0.2) is 0 Å². The van der Waals surface area contributed by atoms with Crippen molar-refractivity contribution < 1.29 is 13.2 Å². The minimum Gasteiger partial charge on any atom is -0.312 e. The first kappa shape index (κ1) is 14.1. The highest BCUT2D eigenvalue weighted by Crippen LogP contribution is 2.35. The van der Waals surface area contributed by atoms with Gasteiger partial charge in [0.25, 0.3) is 0 Å². The number of benzene rings is 1. The zero-order valence-electron chi connectivity index (χ0n) is 10.6. The van der Waals surface area contributed by atoms with Crippen LogP contribution in [0.3, 0.4) is 0 Å². The van der Waals surface area contributed by atoms with Crippen LogP contribution in [0.2, 0.25) is 0 Å². The Kier molecular flexibility index (Phi) is 4.27. The zero-order chi connectivity index (χ0) is 14.0. The van der Waals surface area contributed by atoms with Gasteiger partial charge in [-0.15, -0.1) is 11.3 Å². The van der Waals surface area contributed by atoms with Crippen molar-refractivity contribution in [1.29, 1.82) is 0 Å². The van der Waals surface area contributed by atoms with Crippen LogP contribution in [-0.2, 0) is 0 Å². The summed E-state index contributed by atoms with van der Waals surface area (Å²) in [5.74, 6) is -2.65. The summed E-state index contributed by atoms with van der Waals surface area (Å²) in [5, 5.41) is 3.13. The molecular weight excluding hydrogens is 271 g/mol. The zero-order valence-corrected chi connectivity index (χ0v) is 11.5. The maximum Gasteiger partial charge on any atom is 0.137 e. The number of hydrogen-bond acceptors (Lipinski definition) is 2. The SMILES string of the molecule is CCC(NC)c1ccc(-c2c(F)cc(F)cc2F)s1. The number of nitrogens with one attached hydrogen (secondary N) is 1.